The number of hydrogen-bond donors (Lipinski definition) is 1. The fourth-order valence-electron chi connectivity index (χ4n) is 3.97. The lowest BCUT2D eigenvalue weighted by Crippen LogP contribution is -2.54. The minimum atomic E-state index is -0.899. The number of carbonyl (C=O) groups excluding carboxylic acids is 3. The highest BCUT2D eigenvalue weighted by Gasteiger charge is 2.38. The summed E-state index contributed by atoms with van der Waals surface area (Å²) in [6.45, 7) is -0.0639. The van der Waals surface area contributed by atoms with Gasteiger partial charge in [-0.15, -0.1) is 0 Å². The molecule has 0 unspecified atom stereocenters. The average molecular weight is 501 g/mol. The van der Waals surface area contributed by atoms with Crippen molar-refractivity contribution < 1.29 is 23.5 Å². The number of para-hydroxylation sites is 1. The third kappa shape index (κ3) is 4.32. The van der Waals surface area contributed by atoms with E-state index in [9.17, 15) is 18.8 Å². The number of nitrogens with zero attached hydrogens (tertiary/aromatic N) is 1. The van der Waals surface area contributed by atoms with E-state index in [0.29, 0.717) is 22.3 Å². The monoisotopic (exact) mass is 500 g/mol. The Kier molecular flexibility index (Phi) is 6.23. The molecule has 0 atom stereocenters. The molecule has 1 saturated heterocycles. The maximum Gasteiger partial charge on any atom is 0.335 e. The van der Waals surface area contributed by atoms with Crippen molar-refractivity contribution in [2.45, 2.75) is 6.61 Å². The smallest absolute Gasteiger partial charge is 0.335 e. The van der Waals surface area contributed by atoms with Gasteiger partial charge in [0.15, 0.2) is 0 Å². The fourth-order valence-corrected chi connectivity index (χ4v) is 4.20. The fraction of sp³-hybridized carbons (Fsp3) is 0.0357. The SMILES string of the molecule is O=C1NC(=O)N(c2ccccc2Cl)C(=O)/C1=C/c1c(OCc2ccccc2F)ccc2ccccc12. The Hall–Kier alpha value is -4.49. The van der Waals surface area contributed by atoms with E-state index >= 15 is 0 Å². The van der Waals surface area contributed by atoms with Gasteiger partial charge in [-0.2, -0.15) is 0 Å². The van der Waals surface area contributed by atoms with Gasteiger partial charge in [0.1, 0.15) is 23.7 Å². The first-order chi connectivity index (χ1) is 17.4. The molecule has 0 aliphatic carbocycles. The van der Waals surface area contributed by atoms with Crippen LogP contribution in [0.5, 0.6) is 5.75 Å². The normalized spacial score (nSPS) is 14.9. The lowest BCUT2D eigenvalue weighted by atomic mass is 9.99. The molecule has 0 aromatic heterocycles. The summed E-state index contributed by atoms with van der Waals surface area (Å²) in [5.41, 5.74) is 0.665. The van der Waals surface area contributed by atoms with Gasteiger partial charge in [-0.25, -0.2) is 14.1 Å². The maximum atomic E-state index is 14.2. The molecule has 5 rings (SSSR count). The Labute approximate surface area is 210 Å². The zero-order valence-corrected chi connectivity index (χ0v) is 19.5. The number of amides is 4. The molecule has 1 N–H and O–H groups in total. The Morgan fingerprint density at radius 3 is 2.42 bits per heavy atom. The number of carbonyl (C=O) groups is 3. The average Bonchev–Trinajstić information content (AvgIpc) is 2.87. The van der Waals surface area contributed by atoms with Gasteiger partial charge in [-0.05, 0) is 41.1 Å². The van der Waals surface area contributed by atoms with Crippen LogP contribution in [0, 0.1) is 5.82 Å². The van der Waals surface area contributed by atoms with Gasteiger partial charge in [0, 0.05) is 11.1 Å². The number of hydrogen-bond acceptors (Lipinski definition) is 4. The van der Waals surface area contributed by atoms with Crippen molar-refractivity contribution in [3.05, 3.63) is 112 Å². The quantitative estimate of drug-likeness (QED) is 0.274. The lowest BCUT2D eigenvalue weighted by molar-refractivity contribution is -0.122. The first-order valence-electron chi connectivity index (χ1n) is 11.0. The van der Waals surface area contributed by atoms with E-state index in [2.05, 4.69) is 5.32 Å². The van der Waals surface area contributed by atoms with E-state index in [0.717, 1.165) is 10.3 Å². The molecule has 36 heavy (non-hydrogen) atoms. The molecule has 0 spiro atoms. The van der Waals surface area contributed by atoms with Crippen LogP contribution in [0.25, 0.3) is 16.8 Å². The molecule has 0 radical (unpaired) electrons. The zero-order chi connectivity index (χ0) is 25.2. The van der Waals surface area contributed by atoms with Crippen LogP contribution in [0.2, 0.25) is 5.02 Å². The summed E-state index contributed by atoms with van der Waals surface area (Å²) >= 11 is 6.22. The second-order valence-electron chi connectivity index (χ2n) is 7.99. The van der Waals surface area contributed by atoms with Crippen molar-refractivity contribution >= 4 is 52.0 Å². The largest absolute Gasteiger partial charge is 0.488 e. The van der Waals surface area contributed by atoms with Gasteiger partial charge < -0.3 is 4.74 Å². The van der Waals surface area contributed by atoms with Gasteiger partial charge in [0.05, 0.1) is 10.7 Å². The second-order valence-corrected chi connectivity index (χ2v) is 8.40. The van der Waals surface area contributed by atoms with Crippen molar-refractivity contribution in [3.8, 4) is 5.75 Å². The number of nitrogens with one attached hydrogen (secondary N) is 1. The molecule has 6 nitrogen and oxygen atoms in total. The molecule has 1 aliphatic heterocycles. The van der Waals surface area contributed by atoms with Gasteiger partial charge in [-0.1, -0.05) is 72.3 Å². The number of halogens is 2. The minimum Gasteiger partial charge on any atom is -0.488 e. The second kappa shape index (κ2) is 9.64. The summed E-state index contributed by atoms with van der Waals surface area (Å²) in [5.74, 6) is -1.74. The van der Waals surface area contributed by atoms with Crippen LogP contribution in [-0.2, 0) is 16.2 Å². The Morgan fingerprint density at radius 1 is 0.889 bits per heavy atom. The Balaban J connectivity index is 1.60. The number of anilines is 1. The highest BCUT2D eigenvalue weighted by atomic mass is 35.5. The van der Waals surface area contributed by atoms with Crippen molar-refractivity contribution in [1.82, 2.24) is 5.32 Å². The number of fused-ring (bicyclic) bond motifs is 1. The lowest BCUT2D eigenvalue weighted by Gasteiger charge is -2.27. The highest BCUT2D eigenvalue weighted by molar-refractivity contribution is 6.42. The summed E-state index contributed by atoms with van der Waals surface area (Å²) in [7, 11) is 0. The van der Waals surface area contributed by atoms with Crippen LogP contribution >= 0.6 is 11.6 Å². The highest BCUT2D eigenvalue weighted by Crippen LogP contribution is 2.33. The summed E-state index contributed by atoms with van der Waals surface area (Å²) in [4.78, 5) is 39.6. The Bertz CT molecular complexity index is 1570. The van der Waals surface area contributed by atoms with Gasteiger partial charge in [0.25, 0.3) is 11.8 Å². The van der Waals surface area contributed by atoms with Crippen LogP contribution in [0.3, 0.4) is 0 Å². The number of benzene rings is 4. The van der Waals surface area contributed by atoms with Crippen LogP contribution < -0.4 is 15.0 Å². The van der Waals surface area contributed by atoms with E-state index in [-0.39, 0.29) is 22.9 Å². The van der Waals surface area contributed by atoms with Crippen LogP contribution in [0.4, 0.5) is 14.9 Å². The summed E-state index contributed by atoms with van der Waals surface area (Å²) in [6, 6.07) is 22.6. The molecule has 1 heterocycles. The molecule has 4 aromatic carbocycles. The molecule has 0 saturated carbocycles. The summed E-state index contributed by atoms with van der Waals surface area (Å²) in [6.07, 6.45) is 1.38. The third-order valence-electron chi connectivity index (χ3n) is 5.76. The molecule has 8 heteroatoms. The van der Waals surface area contributed by atoms with Gasteiger partial charge in [0.2, 0.25) is 0 Å². The van der Waals surface area contributed by atoms with E-state index in [1.54, 1.807) is 36.4 Å². The van der Waals surface area contributed by atoms with Crippen LogP contribution in [0.15, 0.2) is 90.5 Å². The third-order valence-corrected chi connectivity index (χ3v) is 6.08. The number of barbiturate groups is 1. The first kappa shape index (κ1) is 23.3. The predicted octanol–water partition coefficient (Wildman–Crippen LogP) is 5.88. The van der Waals surface area contributed by atoms with E-state index in [1.807, 2.05) is 30.3 Å². The van der Waals surface area contributed by atoms with Gasteiger partial charge >= 0.3 is 6.03 Å². The molecule has 1 fully saturated rings. The molecule has 4 amide bonds. The van der Waals surface area contributed by atoms with Gasteiger partial charge in [-0.3, -0.25) is 14.9 Å². The van der Waals surface area contributed by atoms with Crippen molar-refractivity contribution in [1.29, 1.82) is 0 Å². The zero-order valence-electron chi connectivity index (χ0n) is 18.7. The van der Waals surface area contributed by atoms with Crippen LogP contribution in [0.1, 0.15) is 11.1 Å². The number of rotatable bonds is 5. The van der Waals surface area contributed by atoms with E-state index in [1.165, 1.54) is 24.3 Å². The van der Waals surface area contributed by atoms with Crippen LogP contribution in [-0.4, -0.2) is 17.8 Å². The predicted molar refractivity (Wildman–Crippen MR) is 135 cm³/mol. The number of ether oxygens (including phenoxy) is 1. The van der Waals surface area contributed by atoms with E-state index in [4.69, 9.17) is 16.3 Å². The van der Waals surface area contributed by atoms with Crippen molar-refractivity contribution in [3.63, 3.8) is 0 Å². The van der Waals surface area contributed by atoms with Crippen molar-refractivity contribution in [2.75, 3.05) is 4.90 Å². The molecule has 178 valence electrons. The topological polar surface area (TPSA) is 75.7 Å². The number of imide groups is 2. The molecule has 1 aliphatic rings. The van der Waals surface area contributed by atoms with Crippen molar-refractivity contribution in [2.24, 2.45) is 0 Å². The summed E-state index contributed by atoms with van der Waals surface area (Å²) < 4.78 is 20.1. The van der Waals surface area contributed by atoms with E-state index < -0.39 is 23.7 Å². The first-order valence-corrected chi connectivity index (χ1v) is 11.4. The molecule has 0 bridgehead atoms. The number of urea groups is 1. The molecular weight excluding hydrogens is 483 g/mol. The standard InChI is InChI=1S/C28H18ClFN2O4/c29-22-10-4-6-12-24(22)32-27(34)21(26(33)31-28(32)35)15-20-19-9-3-1-7-17(19)13-14-25(20)36-16-18-8-2-5-11-23(18)30/h1-15H,16H2,(H,31,33,35)/b21-15+. The Morgan fingerprint density at radius 2 is 1.61 bits per heavy atom. The molecular formula is C28H18ClFN2O4. The maximum absolute atomic E-state index is 14.2. The summed E-state index contributed by atoms with van der Waals surface area (Å²) in [5, 5.41) is 3.92. The molecule has 4 aromatic rings. The minimum absolute atomic E-state index is 0.0639.